The first-order valence-electron chi connectivity index (χ1n) is 10.1. The fourth-order valence-corrected chi connectivity index (χ4v) is 8.37. The minimum atomic E-state index is -0.642. The molecule has 5 nitrogen and oxygen atoms in total. The van der Waals surface area contributed by atoms with E-state index in [-0.39, 0.29) is 11.0 Å². The number of carbonyl (C=O) groups is 1. The normalized spacial score (nSPS) is 15.2. The Bertz CT molecular complexity index is 498. The Balaban J connectivity index is 0.00000364. The molecule has 1 atom stereocenters. The van der Waals surface area contributed by atoms with Crippen molar-refractivity contribution in [3.63, 3.8) is 0 Å². The molecule has 1 heterocycles. The largest absolute Gasteiger partial charge is 0.412 e. The van der Waals surface area contributed by atoms with Gasteiger partial charge in [-0.25, -0.2) is 0 Å². The number of benzene rings is 1. The number of hydrogen-bond donors (Lipinski definition) is 0. The van der Waals surface area contributed by atoms with Gasteiger partial charge in [0, 0.05) is 0 Å². The average Bonchev–Trinajstić information content (AvgIpc) is 2.68. The molecule has 1 unspecified atom stereocenters. The van der Waals surface area contributed by atoms with Gasteiger partial charge in [0.25, 0.3) is 0 Å². The van der Waals surface area contributed by atoms with Crippen LogP contribution in [0.2, 0.25) is 3.93 Å². The third-order valence-corrected chi connectivity index (χ3v) is 10.2. The van der Waals surface area contributed by atoms with Crippen molar-refractivity contribution in [2.24, 2.45) is 0 Å². The number of carbonyl (C=O) groups excluding carboxylic acids is 1. The van der Waals surface area contributed by atoms with Gasteiger partial charge in [0.2, 0.25) is 0 Å². The fourth-order valence-electron chi connectivity index (χ4n) is 3.29. The number of unbranched alkanes of at least 4 members (excludes halogenated alkanes) is 1. The summed E-state index contributed by atoms with van der Waals surface area (Å²) in [6.07, 6.45) is 8.92. The van der Waals surface area contributed by atoms with Gasteiger partial charge in [-0.3, -0.25) is 0 Å². The first kappa shape index (κ1) is 27.7. The zero-order valence-electron chi connectivity index (χ0n) is 17.1. The van der Waals surface area contributed by atoms with Crippen LogP contribution in [0.5, 0.6) is 5.75 Å². The minimum absolute atomic E-state index is 0. The number of ether oxygens (including phenoxy) is 1. The first-order chi connectivity index (χ1) is 12.8. The van der Waals surface area contributed by atoms with E-state index in [4.69, 9.17) is 4.74 Å². The number of rotatable bonds is 13. The second kappa shape index (κ2) is 17.6. The first-order valence-corrected chi connectivity index (χ1v) is 14.2. The van der Waals surface area contributed by atoms with Crippen LogP contribution in [0, 0.1) is 0 Å². The Labute approximate surface area is 184 Å². The van der Waals surface area contributed by atoms with Gasteiger partial charge in [-0.15, -0.1) is 0 Å². The molecule has 0 bridgehead atoms. The van der Waals surface area contributed by atoms with Crippen molar-refractivity contribution < 1.29 is 20.5 Å². The predicted octanol–water partition coefficient (Wildman–Crippen LogP) is 2.52. The van der Waals surface area contributed by atoms with Crippen LogP contribution in [0.15, 0.2) is 24.3 Å². The number of nitrogens with zero attached hydrogens (tertiary/aromatic N) is 1. The van der Waals surface area contributed by atoms with Gasteiger partial charge < -0.3 is 11.0 Å². The molecule has 0 amide bonds. The maximum Gasteiger partial charge on any atom is -0.412 e. The van der Waals surface area contributed by atoms with E-state index in [9.17, 15) is 4.79 Å². The van der Waals surface area contributed by atoms with Crippen molar-refractivity contribution in [3.8, 4) is 5.75 Å². The third-order valence-electron chi connectivity index (χ3n) is 4.89. The van der Waals surface area contributed by atoms with Crippen LogP contribution in [0.1, 0.15) is 51.9 Å². The minimum Gasteiger partial charge on any atom is -0.412 e. The van der Waals surface area contributed by atoms with Crippen molar-refractivity contribution in [1.29, 1.82) is 0 Å². The van der Waals surface area contributed by atoms with Crippen molar-refractivity contribution in [2.75, 3.05) is 32.0 Å². The quantitative estimate of drug-likeness (QED) is 0.228. The Morgan fingerprint density at radius 2 is 1.86 bits per heavy atom. The van der Waals surface area contributed by atoms with E-state index in [2.05, 4.69) is 36.1 Å². The van der Waals surface area contributed by atoms with Gasteiger partial charge in [0.1, 0.15) is 0 Å². The van der Waals surface area contributed by atoms with Gasteiger partial charge in [0.05, 0.1) is 0 Å². The topological polar surface area (TPSA) is 92.5 Å². The SMILES string of the molecule is CCCCOc1cc[c]([Sn][CH](CCSC=O)CCN2CCCCC2)cc1.O.O. The van der Waals surface area contributed by atoms with Crippen molar-refractivity contribution >= 4 is 42.1 Å². The van der Waals surface area contributed by atoms with Crippen LogP contribution in [-0.4, -0.2) is 74.6 Å². The van der Waals surface area contributed by atoms with Gasteiger partial charge in [-0.05, 0) is 0 Å². The third kappa shape index (κ3) is 11.7. The zero-order chi connectivity index (χ0) is 18.5. The standard InChI is InChI=1S/C11H20NOS.C10H13O.2H2O.Sn/c13-11-14-10-6-2-5-9-12-7-3-1-4-8-12;1-2-3-9-11-10-7-5-4-6-8-10;;;/h2,11H,1,3-10H2;5-8H,2-3,9H2,1H3;2*1H2;. The van der Waals surface area contributed by atoms with E-state index in [0.717, 1.165) is 34.1 Å². The molecule has 28 heavy (non-hydrogen) atoms. The Morgan fingerprint density at radius 1 is 1.14 bits per heavy atom. The van der Waals surface area contributed by atoms with Crippen molar-refractivity contribution in [1.82, 2.24) is 4.90 Å². The molecule has 7 heteroatoms. The molecule has 1 fully saturated rings. The van der Waals surface area contributed by atoms with Crippen LogP contribution in [0.4, 0.5) is 0 Å². The molecule has 0 spiro atoms. The monoisotopic (exact) mass is 519 g/mol. The number of likely N-dealkylation sites (tertiary alicyclic amines) is 1. The Kier molecular flexibility index (Phi) is 17.4. The fraction of sp³-hybridized carbons (Fsp3) is 0.667. The Hall–Kier alpha value is -0.281. The molecule has 2 radical (unpaired) electrons. The summed E-state index contributed by atoms with van der Waals surface area (Å²) in [6.45, 7) is 6.81. The zero-order valence-corrected chi connectivity index (χ0v) is 20.8. The summed E-state index contributed by atoms with van der Waals surface area (Å²) in [7, 11) is 0. The molecular weight excluding hydrogens is 481 g/mol. The molecule has 0 aromatic heterocycles. The molecule has 1 aromatic rings. The van der Waals surface area contributed by atoms with Gasteiger partial charge >= 0.3 is 174 Å². The van der Waals surface area contributed by atoms with Crippen LogP contribution < -0.4 is 8.32 Å². The molecule has 4 N–H and O–H groups in total. The smallest absolute Gasteiger partial charge is 0.412 e. The van der Waals surface area contributed by atoms with Crippen LogP contribution in [0.3, 0.4) is 0 Å². The van der Waals surface area contributed by atoms with Crippen LogP contribution in [-0.2, 0) is 4.79 Å². The summed E-state index contributed by atoms with van der Waals surface area (Å²) in [4.78, 5) is 13.3. The van der Waals surface area contributed by atoms with E-state index in [1.165, 1.54) is 69.9 Å². The molecule has 0 saturated carbocycles. The second-order valence-corrected chi connectivity index (χ2v) is 12.8. The van der Waals surface area contributed by atoms with Gasteiger partial charge in [-0.1, -0.05) is 0 Å². The molecule has 1 aromatic carbocycles. The maximum absolute atomic E-state index is 10.7. The maximum atomic E-state index is 10.7. The van der Waals surface area contributed by atoms with Gasteiger partial charge in [0.15, 0.2) is 0 Å². The van der Waals surface area contributed by atoms with E-state index < -0.39 is 21.1 Å². The summed E-state index contributed by atoms with van der Waals surface area (Å²) in [6, 6.07) is 8.86. The molecule has 1 saturated heterocycles. The predicted molar refractivity (Wildman–Crippen MR) is 122 cm³/mol. The van der Waals surface area contributed by atoms with Crippen molar-refractivity contribution in [3.05, 3.63) is 24.3 Å². The van der Waals surface area contributed by atoms with Gasteiger partial charge in [-0.2, -0.15) is 0 Å². The van der Waals surface area contributed by atoms with E-state index >= 15 is 0 Å². The van der Waals surface area contributed by atoms with Crippen LogP contribution >= 0.6 is 11.8 Å². The van der Waals surface area contributed by atoms with Crippen molar-refractivity contribution in [2.45, 2.75) is 55.8 Å². The number of piperidine rings is 1. The summed E-state index contributed by atoms with van der Waals surface area (Å²) in [5, 5.41) is 0. The van der Waals surface area contributed by atoms with Crippen LogP contribution in [0.25, 0.3) is 0 Å². The van der Waals surface area contributed by atoms with E-state index in [0.29, 0.717) is 0 Å². The number of hydrogen-bond acceptors (Lipinski definition) is 4. The van der Waals surface area contributed by atoms with E-state index in [1.807, 2.05) is 0 Å². The van der Waals surface area contributed by atoms with E-state index in [1.54, 1.807) is 3.58 Å². The average molecular weight is 518 g/mol. The number of thioether (sulfide) groups is 1. The molecule has 1 aliphatic heterocycles. The Morgan fingerprint density at radius 3 is 2.50 bits per heavy atom. The molecule has 0 aliphatic carbocycles. The summed E-state index contributed by atoms with van der Waals surface area (Å²) >= 11 is 0.793. The molecule has 160 valence electrons. The summed E-state index contributed by atoms with van der Waals surface area (Å²) in [5.74, 6) is 1.98. The summed E-state index contributed by atoms with van der Waals surface area (Å²) < 4.78 is 8.15. The molecule has 1 aliphatic rings. The second-order valence-electron chi connectivity index (χ2n) is 7.01. The summed E-state index contributed by atoms with van der Waals surface area (Å²) in [5.41, 5.74) is 0.995. The molecule has 2 rings (SSSR count). The molecular formula is C21H37NO4SSn.